The van der Waals surface area contributed by atoms with Crippen LogP contribution in [-0.4, -0.2) is 108 Å². The van der Waals surface area contributed by atoms with Gasteiger partial charge in [0, 0.05) is 60.4 Å². The van der Waals surface area contributed by atoms with Gasteiger partial charge in [-0.1, -0.05) is 0 Å². The van der Waals surface area contributed by atoms with Crippen molar-refractivity contribution < 1.29 is 19.4 Å². The van der Waals surface area contributed by atoms with E-state index in [9.17, 15) is 14.7 Å². The number of benzene rings is 2. The minimum atomic E-state index is -1.04. The molecular formula is C34H44N8O4. The predicted molar refractivity (Wildman–Crippen MR) is 180 cm³/mol. The van der Waals surface area contributed by atoms with Gasteiger partial charge in [-0.25, -0.2) is 9.79 Å². The van der Waals surface area contributed by atoms with Crippen LogP contribution in [0.5, 0.6) is 0 Å². The van der Waals surface area contributed by atoms with Crippen molar-refractivity contribution in [1.82, 2.24) is 19.7 Å². The number of anilines is 2. The Hall–Kier alpha value is -4.52. The first-order valence-electron chi connectivity index (χ1n) is 15.6. The Bertz CT molecular complexity index is 1540. The number of piperidine rings is 1. The lowest BCUT2D eigenvalue weighted by Crippen LogP contribution is -2.44. The number of amides is 3. The minimum Gasteiger partial charge on any atom is -0.384 e. The number of hydrogen-bond acceptors (Lipinski definition) is 6. The summed E-state index contributed by atoms with van der Waals surface area (Å²) in [4.78, 5) is 39.7. The smallest absolute Gasteiger partial charge is 0.323 e. The molecule has 2 aliphatic rings. The first-order valence-corrected chi connectivity index (χ1v) is 15.6. The van der Waals surface area contributed by atoms with Gasteiger partial charge in [-0.3, -0.25) is 10.2 Å². The molecule has 5 rings (SSSR count). The second-order valence-electron chi connectivity index (χ2n) is 12.4. The number of morpholine rings is 1. The standard InChI is InChI=1S/C34H44N8O4/c1-34(2,45)29-14-13-28(38-29)31(41-19-21-46-22-20-41)39-30(35)23-5-9-25(10-6-23)36-33(44)37-26-11-7-24(8-12-26)32(43)42-17-15-27(16-18-42)40(3)4/h5-14,27,35,38,45H,15-22H2,1-4H3,(H2,36,37,44)/b35-30?,39-31+. The summed E-state index contributed by atoms with van der Waals surface area (Å²) in [6.45, 7) is 7.29. The maximum Gasteiger partial charge on any atom is 0.323 e. The molecule has 0 atom stereocenters. The third-order valence-corrected chi connectivity index (χ3v) is 8.40. The van der Waals surface area contributed by atoms with Crippen molar-refractivity contribution in [2.75, 3.05) is 64.1 Å². The van der Waals surface area contributed by atoms with Crippen molar-refractivity contribution in [3.63, 3.8) is 0 Å². The van der Waals surface area contributed by atoms with Crippen molar-refractivity contribution in [3.05, 3.63) is 83.2 Å². The third kappa shape index (κ3) is 8.19. The second kappa shape index (κ2) is 14.3. The number of nitrogens with one attached hydrogen (secondary N) is 4. The highest BCUT2D eigenvalue weighted by Crippen LogP contribution is 2.21. The topological polar surface area (TPSA) is 149 Å². The fraction of sp³-hybridized carbons (Fsp3) is 0.412. The molecule has 244 valence electrons. The first kappa shape index (κ1) is 32.9. The minimum absolute atomic E-state index is 0.00650. The van der Waals surface area contributed by atoms with Crippen molar-refractivity contribution in [2.24, 2.45) is 4.99 Å². The number of ether oxygens (including phenoxy) is 1. The Kier molecular flexibility index (Phi) is 10.2. The van der Waals surface area contributed by atoms with Crippen LogP contribution in [0.4, 0.5) is 16.2 Å². The van der Waals surface area contributed by atoms with Gasteiger partial charge in [0.2, 0.25) is 0 Å². The summed E-state index contributed by atoms with van der Waals surface area (Å²) in [6, 6.07) is 17.6. The van der Waals surface area contributed by atoms with Crippen LogP contribution in [0.2, 0.25) is 0 Å². The molecule has 0 radical (unpaired) electrons. The molecule has 0 aliphatic carbocycles. The molecule has 2 fully saturated rings. The van der Waals surface area contributed by atoms with Crippen LogP contribution in [0.1, 0.15) is 54.0 Å². The molecule has 2 aromatic carbocycles. The zero-order chi connectivity index (χ0) is 32.8. The number of aliphatic hydroxyl groups is 1. The van der Waals surface area contributed by atoms with Crippen LogP contribution in [0.25, 0.3) is 0 Å². The first-order chi connectivity index (χ1) is 22.0. The van der Waals surface area contributed by atoms with E-state index in [-0.39, 0.29) is 11.7 Å². The Morgan fingerprint density at radius 1 is 0.891 bits per heavy atom. The zero-order valence-corrected chi connectivity index (χ0v) is 27.0. The fourth-order valence-electron chi connectivity index (χ4n) is 5.60. The number of carbonyl (C=O) groups is 2. The number of aromatic amines is 1. The van der Waals surface area contributed by atoms with Crippen molar-refractivity contribution in [2.45, 2.75) is 38.3 Å². The Balaban J connectivity index is 1.18. The maximum absolute atomic E-state index is 12.9. The molecule has 0 unspecified atom stereocenters. The largest absolute Gasteiger partial charge is 0.384 e. The monoisotopic (exact) mass is 628 g/mol. The second-order valence-corrected chi connectivity index (χ2v) is 12.4. The van der Waals surface area contributed by atoms with E-state index in [1.54, 1.807) is 62.4 Å². The summed E-state index contributed by atoms with van der Waals surface area (Å²) < 4.78 is 5.51. The molecular weight excluding hydrogens is 584 g/mol. The summed E-state index contributed by atoms with van der Waals surface area (Å²) >= 11 is 0. The third-order valence-electron chi connectivity index (χ3n) is 8.40. The molecule has 0 saturated carbocycles. The van der Waals surface area contributed by atoms with E-state index in [0.717, 1.165) is 25.9 Å². The summed E-state index contributed by atoms with van der Waals surface area (Å²) in [6.07, 6.45) is 1.92. The molecule has 3 aromatic rings. The van der Waals surface area contributed by atoms with Crippen LogP contribution in [0, 0.1) is 5.41 Å². The van der Waals surface area contributed by atoms with Gasteiger partial charge in [0.15, 0.2) is 11.7 Å². The van der Waals surface area contributed by atoms with E-state index in [1.807, 2.05) is 17.0 Å². The molecule has 12 heteroatoms. The van der Waals surface area contributed by atoms with Gasteiger partial charge in [-0.2, -0.15) is 0 Å². The van der Waals surface area contributed by atoms with Crippen LogP contribution in [0.15, 0.2) is 65.7 Å². The zero-order valence-electron chi connectivity index (χ0n) is 27.0. The summed E-state index contributed by atoms with van der Waals surface area (Å²) in [7, 11) is 4.15. The summed E-state index contributed by atoms with van der Waals surface area (Å²) in [5, 5.41) is 24.8. The molecule has 46 heavy (non-hydrogen) atoms. The van der Waals surface area contributed by atoms with Crippen molar-refractivity contribution in [1.29, 1.82) is 5.41 Å². The van der Waals surface area contributed by atoms with Crippen LogP contribution in [-0.2, 0) is 10.3 Å². The molecule has 3 amide bonds. The lowest BCUT2D eigenvalue weighted by molar-refractivity contribution is 0.0663. The van der Waals surface area contributed by atoms with Gasteiger partial charge in [0.25, 0.3) is 5.91 Å². The highest BCUT2D eigenvalue weighted by molar-refractivity contribution is 6.10. The number of nitrogens with zero attached hydrogens (tertiary/aromatic N) is 4. The molecule has 3 heterocycles. The molecule has 12 nitrogen and oxygen atoms in total. The number of H-pyrrole nitrogens is 1. The number of aliphatic imine (C=N–C) groups is 1. The molecule has 2 aliphatic heterocycles. The SMILES string of the molecule is CN(C)C1CCN(C(=O)c2ccc(NC(=O)Nc3ccc(C(=N)/N=C(\c4ccc(C(C)(C)O)[nH]4)N4CCOCC4)cc3)cc2)CC1. The average molecular weight is 629 g/mol. The van der Waals surface area contributed by atoms with E-state index in [4.69, 9.17) is 10.1 Å². The van der Waals surface area contributed by atoms with Crippen LogP contribution >= 0.6 is 0 Å². The number of urea groups is 1. The summed E-state index contributed by atoms with van der Waals surface area (Å²) in [5.41, 5.74) is 2.63. The van der Waals surface area contributed by atoms with E-state index in [0.29, 0.717) is 72.1 Å². The molecule has 0 bridgehead atoms. The normalized spacial score (nSPS) is 16.4. The highest BCUT2D eigenvalue weighted by Gasteiger charge is 2.25. The van der Waals surface area contributed by atoms with Crippen molar-refractivity contribution in [3.8, 4) is 0 Å². The Morgan fingerprint density at radius 3 is 1.98 bits per heavy atom. The average Bonchev–Trinajstić information content (AvgIpc) is 3.55. The van der Waals surface area contributed by atoms with Gasteiger partial charge in [0.1, 0.15) is 0 Å². The number of carbonyl (C=O) groups excluding carboxylic acids is 2. The quantitative estimate of drug-likeness (QED) is 0.196. The van der Waals surface area contributed by atoms with Crippen molar-refractivity contribution >= 4 is 35.0 Å². The lowest BCUT2D eigenvalue weighted by Gasteiger charge is -2.35. The van der Waals surface area contributed by atoms with Gasteiger partial charge in [-0.15, -0.1) is 0 Å². The predicted octanol–water partition coefficient (Wildman–Crippen LogP) is 4.16. The fourth-order valence-corrected chi connectivity index (χ4v) is 5.60. The van der Waals surface area contributed by atoms with E-state index in [1.165, 1.54) is 0 Å². The van der Waals surface area contributed by atoms with E-state index < -0.39 is 11.6 Å². The lowest BCUT2D eigenvalue weighted by atomic mass is 10.0. The number of rotatable bonds is 7. The number of likely N-dealkylation sites (tertiary alicyclic amines) is 1. The van der Waals surface area contributed by atoms with Gasteiger partial charge in [-0.05, 0) is 101 Å². The maximum atomic E-state index is 12.9. The molecule has 2 saturated heterocycles. The van der Waals surface area contributed by atoms with Gasteiger partial charge >= 0.3 is 6.03 Å². The number of hydrogen-bond donors (Lipinski definition) is 5. The van der Waals surface area contributed by atoms with Gasteiger partial charge < -0.3 is 40.2 Å². The molecule has 0 spiro atoms. The Labute approximate surface area is 270 Å². The van der Waals surface area contributed by atoms with Crippen LogP contribution in [0.3, 0.4) is 0 Å². The summed E-state index contributed by atoms with van der Waals surface area (Å²) in [5.74, 6) is 0.674. The van der Waals surface area contributed by atoms with Crippen LogP contribution < -0.4 is 10.6 Å². The van der Waals surface area contributed by atoms with E-state index >= 15 is 0 Å². The highest BCUT2D eigenvalue weighted by atomic mass is 16.5. The number of amidine groups is 2. The van der Waals surface area contributed by atoms with Gasteiger partial charge in [0.05, 0.1) is 24.5 Å². The molecule has 5 N–H and O–H groups in total. The Morgan fingerprint density at radius 2 is 1.46 bits per heavy atom. The number of aromatic nitrogens is 1. The van der Waals surface area contributed by atoms with E-state index in [2.05, 4.69) is 44.5 Å². The molecule has 1 aromatic heterocycles.